The quantitative estimate of drug-likeness (QED) is 0.849. The van der Waals surface area contributed by atoms with Gasteiger partial charge >= 0.3 is 0 Å². The Morgan fingerprint density at radius 3 is 1.95 bits per heavy atom. The van der Waals surface area contributed by atoms with Crippen molar-refractivity contribution in [2.45, 2.75) is 25.3 Å². The van der Waals surface area contributed by atoms with Crippen LogP contribution in [0.5, 0.6) is 0 Å². The van der Waals surface area contributed by atoms with Crippen molar-refractivity contribution in [3.63, 3.8) is 0 Å². The van der Waals surface area contributed by atoms with E-state index in [4.69, 9.17) is 0 Å². The summed E-state index contributed by atoms with van der Waals surface area (Å²) >= 11 is 0. The maximum Gasteiger partial charge on any atom is 0.0112 e. The van der Waals surface area contributed by atoms with Crippen LogP contribution in [0.4, 0.5) is 0 Å². The van der Waals surface area contributed by atoms with Crippen LogP contribution in [0.15, 0.2) is 60.7 Å². The summed E-state index contributed by atoms with van der Waals surface area (Å²) in [7, 11) is -0.236. The number of hydrogen-bond donors (Lipinski definition) is 1. The van der Waals surface area contributed by atoms with Crippen molar-refractivity contribution in [2.24, 2.45) is 0 Å². The fraction of sp³-hybridized carbons (Fsp3) is 0.333. The van der Waals surface area contributed by atoms with E-state index >= 15 is 0 Å². The van der Waals surface area contributed by atoms with Gasteiger partial charge in [0.25, 0.3) is 0 Å². The monoisotopic (exact) mass is 283 g/mol. The van der Waals surface area contributed by atoms with E-state index in [-0.39, 0.29) is 7.92 Å². The van der Waals surface area contributed by atoms with E-state index in [2.05, 4.69) is 66.0 Å². The zero-order valence-electron chi connectivity index (χ0n) is 11.8. The van der Waals surface area contributed by atoms with Crippen LogP contribution < -0.4 is 15.9 Å². The first-order valence-corrected chi connectivity index (χ1v) is 9.07. The molecule has 2 aromatic rings. The molecule has 0 spiro atoms. The largest absolute Gasteiger partial charge is 0.314 e. The first-order valence-electron chi connectivity index (χ1n) is 7.54. The van der Waals surface area contributed by atoms with Gasteiger partial charge in [0, 0.05) is 6.04 Å². The Bertz CT molecular complexity index is 466. The zero-order chi connectivity index (χ0) is 13.6. The Morgan fingerprint density at radius 1 is 0.850 bits per heavy atom. The van der Waals surface area contributed by atoms with Gasteiger partial charge in [-0.2, -0.15) is 0 Å². The molecule has 1 N–H and O–H groups in total. The van der Waals surface area contributed by atoms with E-state index in [1.807, 2.05) is 0 Å². The molecule has 0 bridgehead atoms. The number of rotatable bonds is 4. The minimum Gasteiger partial charge on any atom is -0.314 e. The molecule has 0 unspecified atom stereocenters. The number of benzene rings is 2. The molecular weight excluding hydrogens is 261 g/mol. The Labute approximate surface area is 123 Å². The van der Waals surface area contributed by atoms with Crippen molar-refractivity contribution < 1.29 is 0 Å². The van der Waals surface area contributed by atoms with Gasteiger partial charge in [-0.15, -0.1) is 0 Å². The van der Waals surface area contributed by atoms with Crippen LogP contribution in [-0.4, -0.2) is 18.7 Å². The second-order valence-corrected chi connectivity index (χ2v) is 7.68. The number of piperidine rings is 1. The van der Waals surface area contributed by atoms with Gasteiger partial charge in [-0.3, -0.25) is 0 Å². The predicted molar refractivity (Wildman–Crippen MR) is 89.6 cm³/mol. The molecule has 0 radical (unpaired) electrons. The standard InChI is InChI=1S/C18H22NP/c1-3-10-17(11-4-1)20(18-12-5-2-6-13-18)15-16-9-7-8-14-19-16/h1-6,10-13,16,19H,7-9,14-15H2/t16-/m1/s1. The summed E-state index contributed by atoms with van der Waals surface area (Å²) in [5.74, 6) is 0. The summed E-state index contributed by atoms with van der Waals surface area (Å²) in [4.78, 5) is 0. The Kier molecular flexibility index (Phi) is 4.84. The van der Waals surface area contributed by atoms with Crippen molar-refractivity contribution in [3.8, 4) is 0 Å². The molecule has 1 saturated heterocycles. The predicted octanol–water partition coefficient (Wildman–Crippen LogP) is 3.26. The Morgan fingerprint density at radius 2 is 1.45 bits per heavy atom. The number of hydrogen-bond acceptors (Lipinski definition) is 1. The van der Waals surface area contributed by atoms with Gasteiger partial charge < -0.3 is 5.32 Å². The molecule has 3 rings (SSSR count). The Balaban J connectivity index is 1.83. The SMILES string of the molecule is c1ccc(P(C[C@H]2CCCCN2)c2ccccc2)cc1. The molecule has 104 valence electrons. The third-order valence-electron chi connectivity index (χ3n) is 3.95. The van der Waals surface area contributed by atoms with E-state index in [1.54, 1.807) is 0 Å². The zero-order valence-corrected chi connectivity index (χ0v) is 12.7. The van der Waals surface area contributed by atoms with Crippen molar-refractivity contribution >= 4 is 18.5 Å². The molecule has 1 aliphatic rings. The third-order valence-corrected chi connectivity index (χ3v) is 6.60. The molecule has 2 heteroatoms. The minimum atomic E-state index is -0.236. The van der Waals surface area contributed by atoms with Gasteiger partial charge in [-0.05, 0) is 44.1 Å². The van der Waals surface area contributed by atoms with Crippen molar-refractivity contribution in [3.05, 3.63) is 60.7 Å². The average molecular weight is 283 g/mol. The molecular formula is C18H22NP. The van der Waals surface area contributed by atoms with Gasteiger partial charge in [-0.25, -0.2) is 0 Å². The molecule has 1 fully saturated rings. The molecule has 0 aliphatic carbocycles. The lowest BCUT2D eigenvalue weighted by atomic mass is 10.1. The summed E-state index contributed by atoms with van der Waals surface area (Å²) in [6.07, 6.45) is 5.32. The highest BCUT2D eigenvalue weighted by Crippen LogP contribution is 2.35. The first-order chi connectivity index (χ1) is 9.93. The molecule has 0 amide bonds. The van der Waals surface area contributed by atoms with Crippen LogP contribution in [0.2, 0.25) is 0 Å². The third kappa shape index (κ3) is 3.48. The van der Waals surface area contributed by atoms with Gasteiger partial charge in [0.1, 0.15) is 0 Å². The van der Waals surface area contributed by atoms with E-state index in [1.165, 1.54) is 42.6 Å². The molecule has 0 aromatic heterocycles. The van der Waals surface area contributed by atoms with Gasteiger partial charge in [0.05, 0.1) is 0 Å². The molecule has 1 heterocycles. The minimum absolute atomic E-state index is 0.236. The second kappa shape index (κ2) is 7.02. The van der Waals surface area contributed by atoms with Gasteiger partial charge in [0.2, 0.25) is 0 Å². The fourth-order valence-electron chi connectivity index (χ4n) is 2.88. The van der Waals surface area contributed by atoms with Crippen LogP contribution in [-0.2, 0) is 0 Å². The lowest BCUT2D eigenvalue weighted by molar-refractivity contribution is 0.429. The van der Waals surface area contributed by atoms with Gasteiger partial charge in [-0.1, -0.05) is 67.1 Å². The Hall–Kier alpha value is -1.17. The van der Waals surface area contributed by atoms with Crippen molar-refractivity contribution in [2.75, 3.05) is 12.7 Å². The smallest absolute Gasteiger partial charge is 0.0112 e. The van der Waals surface area contributed by atoms with Crippen LogP contribution in [0.25, 0.3) is 0 Å². The second-order valence-electron chi connectivity index (χ2n) is 5.43. The van der Waals surface area contributed by atoms with E-state index in [0.29, 0.717) is 6.04 Å². The highest BCUT2D eigenvalue weighted by molar-refractivity contribution is 7.73. The highest BCUT2D eigenvalue weighted by Gasteiger charge is 2.20. The molecule has 1 nitrogen and oxygen atoms in total. The van der Waals surface area contributed by atoms with Crippen molar-refractivity contribution in [1.29, 1.82) is 0 Å². The average Bonchev–Trinajstić information content (AvgIpc) is 2.55. The summed E-state index contributed by atoms with van der Waals surface area (Å²) in [6, 6.07) is 22.8. The normalized spacial score (nSPS) is 19.1. The highest BCUT2D eigenvalue weighted by atomic mass is 31.1. The molecule has 1 aliphatic heterocycles. The van der Waals surface area contributed by atoms with Crippen LogP contribution in [0.1, 0.15) is 19.3 Å². The van der Waals surface area contributed by atoms with Crippen LogP contribution >= 0.6 is 7.92 Å². The summed E-state index contributed by atoms with van der Waals surface area (Å²) in [6.45, 7) is 1.19. The molecule has 20 heavy (non-hydrogen) atoms. The summed E-state index contributed by atoms with van der Waals surface area (Å²) in [5, 5.41) is 6.71. The van der Waals surface area contributed by atoms with E-state index in [9.17, 15) is 0 Å². The lowest BCUT2D eigenvalue weighted by Crippen LogP contribution is -2.38. The maximum absolute atomic E-state index is 3.71. The van der Waals surface area contributed by atoms with Crippen LogP contribution in [0.3, 0.4) is 0 Å². The molecule has 2 aromatic carbocycles. The molecule has 0 saturated carbocycles. The molecule has 1 atom stereocenters. The topological polar surface area (TPSA) is 12.0 Å². The lowest BCUT2D eigenvalue weighted by Gasteiger charge is -2.28. The summed E-state index contributed by atoms with van der Waals surface area (Å²) in [5.41, 5.74) is 0. The van der Waals surface area contributed by atoms with Crippen molar-refractivity contribution in [1.82, 2.24) is 5.32 Å². The maximum atomic E-state index is 3.71. The van der Waals surface area contributed by atoms with Gasteiger partial charge in [0.15, 0.2) is 0 Å². The van der Waals surface area contributed by atoms with E-state index in [0.717, 1.165) is 0 Å². The van der Waals surface area contributed by atoms with Crippen LogP contribution in [0, 0.1) is 0 Å². The number of nitrogens with one attached hydrogen (secondary N) is 1. The first kappa shape index (κ1) is 13.8. The summed E-state index contributed by atoms with van der Waals surface area (Å²) < 4.78 is 0. The fourth-order valence-corrected chi connectivity index (χ4v) is 5.41. The van der Waals surface area contributed by atoms with E-state index < -0.39 is 0 Å².